The lowest BCUT2D eigenvalue weighted by atomic mass is 9.97. The molecule has 0 saturated carbocycles. The number of carboxylic acid groups (broad SMARTS) is 1. The number of benzene rings is 2. The van der Waals surface area contributed by atoms with Crippen molar-refractivity contribution in [3.63, 3.8) is 0 Å². The Morgan fingerprint density at radius 3 is 1.97 bits per heavy atom. The topological polar surface area (TPSA) is 89.9 Å². The van der Waals surface area contributed by atoms with E-state index in [1.54, 1.807) is 20.8 Å². The van der Waals surface area contributed by atoms with Crippen molar-refractivity contribution >= 4 is 17.9 Å². The molecule has 1 aliphatic carbocycles. The Labute approximate surface area is 175 Å². The normalized spacial score (nSPS) is 13.8. The summed E-state index contributed by atoms with van der Waals surface area (Å²) in [5.74, 6) is -3.72. The third-order valence-corrected chi connectivity index (χ3v) is 4.94. The van der Waals surface area contributed by atoms with Crippen LogP contribution >= 0.6 is 0 Å². The minimum atomic E-state index is -1.17. The SMILES string of the molecule is CC(C)(C)OC(=O)C[C@H](CC(=O)O)C(=O)OCC1c2ccccc2-c2ccccc21. The molecule has 0 fully saturated rings. The van der Waals surface area contributed by atoms with Crippen LogP contribution in [0.1, 0.15) is 50.7 Å². The zero-order valence-electron chi connectivity index (χ0n) is 17.4. The molecule has 6 nitrogen and oxygen atoms in total. The van der Waals surface area contributed by atoms with Crippen LogP contribution in [0.15, 0.2) is 48.5 Å². The molecule has 0 aromatic heterocycles. The van der Waals surface area contributed by atoms with Crippen LogP contribution in [0.5, 0.6) is 0 Å². The molecule has 0 heterocycles. The summed E-state index contributed by atoms with van der Waals surface area (Å²) in [5, 5.41) is 9.16. The first-order valence-corrected chi connectivity index (χ1v) is 9.94. The van der Waals surface area contributed by atoms with Gasteiger partial charge in [-0.3, -0.25) is 14.4 Å². The maximum atomic E-state index is 12.7. The number of hydrogen-bond donors (Lipinski definition) is 1. The first-order chi connectivity index (χ1) is 14.2. The van der Waals surface area contributed by atoms with Crippen LogP contribution in [0, 0.1) is 5.92 Å². The van der Waals surface area contributed by atoms with Crippen LogP contribution in [0.3, 0.4) is 0 Å². The summed E-state index contributed by atoms with van der Waals surface area (Å²) in [7, 11) is 0. The number of esters is 2. The minimum absolute atomic E-state index is 0.0807. The highest BCUT2D eigenvalue weighted by molar-refractivity contribution is 5.84. The highest BCUT2D eigenvalue weighted by atomic mass is 16.6. The zero-order chi connectivity index (χ0) is 21.9. The lowest BCUT2D eigenvalue weighted by Gasteiger charge is -2.22. The van der Waals surface area contributed by atoms with Crippen LogP contribution in [0.4, 0.5) is 0 Å². The molecule has 30 heavy (non-hydrogen) atoms. The Kier molecular flexibility index (Phi) is 6.25. The van der Waals surface area contributed by atoms with Crippen molar-refractivity contribution in [1.82, 2.24) is 0 Å². The summed E-state index contributed by atoms with van der Waals surface area (Å²) in [6.45, 7) is 5.22. The van der Waals surface area contributed by atoms with Crippen molar-refractivity contribution in [3.8, 4) is 11.1 Å². The van der Waals surface area contributed by atoms with Gasteiger partial charge in [-0.1, -0.05) is 48.5 Å². The molecular weight excluding hydrogens is 384 g/mol. The van der Waals surface area contributed by atoms with E-state index in [1.165, 1.54) is 0 Å². The fourth-order valence-electron chi connectivity index (χ4n) is 3.76. The second-order valence-corrected chi connectivity index (χ2v) is 8.44. The number of carbonyl (C=O) groups excluding carboxylic acids is 2. The summed E-state index contributed by atoms with van der Waals surface area (Å²) in [6, 6.07) is 15.9. The molecule has 3 rings (SSSR count). The molecule has 0 spiro atoms. The van der Waals surface area contributed by atoms with Gasteiger partial charge in [0, 0.05) is 5.92 Å². The van der Waals surface area contributed by atoms with Gasteiger partial charge in [0.2, 0.25) is 0 Å². The number of carbonyl (C=O) groups is 3. The molecule has 0 aliphatic heterocycles. The Balaban J connectivity index is 1.72. The second-order valence-electron chi connectivity index (χ2n) is 8.44. The lowest BCUT2D eigenvalue weighted by Crippen LogP contribution is -2.29. The van der Waals surface area contributed by atoms with Crippen LogP contribution in [-0.4, -0.2) is 35.2 Å². The molecule has 0 unspecified atom stereocenters. The first kappa shape index (κ1) is 21.6. The number of fused-ring (bicyclic) bond motifs is 3. The molecule has 1 aliphatic rings. The fourth-order valence-corrected chi connectivity index (χ4v) is 3.76. The van der Waals surface area contributed by atoms with Gasteiger partial charge in [-0.2, -0.15) is 0 Å². The van der Waals surface area contributed by atoms with Crippen LogP contribution < -0.4 is 0 Å². The van der Waals surface area contributed by atoms with Gasteiger partial charge in [0.05, 0.1) is 18.8 Å². The van der Waals surface area contributed by atoms with E-state index in [1.807, 2.05) is 48.5 Å². The van der Waals surface area contributed by atoms with E-state index in [4.69, 9.17) is 14.6 Å². The number of rotatable bonds is 7. The van der Waals surface area contributed by atoms with E-state index in [0.717, 1.165) is 22.3 Å². The van der Waals surface area contributed by atoms with Crippen LogP contribution in [-0.2, 0) is 23.9 Å². The largest absolute Gasteiger partial charge is 0.481 e. The molecule has 2 aromatic rings. The van der Waals surface area contributed by atoms with Crippen molar-refractivity contribution < 1.29 is 29.0 Å². The van der Waals surface area contributed by atoms with Crippen molar-refractivity contribution in [2.45, 2.75) is 45.1 Å². The Hall–Kier alpha value is -3.15. The average molecular weight is 410 g/mol. The van der Waals surface area contributed by atoms with Gasteiger partial charge >= 0.3 is 17.9 Å². The first-order valence-electron chi connectivity index (χ1n) is 9.94. The van der Waals surface area contributed by atoms with Crippen molar-refractivity contribution in [1.29, 1.82) is 0 Å². The van der Waals surface area contributed by atoms with Gasteiger partial charge in [0.15, 0.2) is 0 Å². The Morgan fingerprint density at radius 2 is 1.47 bits per heavy atom. The van der Waals surface area contributed by atoms with Crippen LogP contribution in [0.2, 0.25) is 0 Å². The molecule has 0 saturated heterocycles. The van der Waals surface area contributed by atoms with E-state index >= 15 is 0 Å². The molecule has 0 radical (unpaired) electrons. The van der Waals surface area contributed by atoms with Gasteiger partial charge in [-0.25, -0.2) is 0 Å². The quantitative estimate of drug-likeness (QED) is 0.689. The van der Waals surface area contributed by atoms with Crippen LogP contribution in [0.25, 0.3) is 11.1 Å². The molecule has 0 amide bonds. The van der Waals surface area contributed by atoms with Gasteiger partial charge in [-0.05, 0) is 43.0 Å². The van der Waals surface area contributed by atoms with Gasteiger partial charge in [0.25, 0.3) is 0 Å². The van der Waals surface area contributed by atoms with Crippen molar-refractivity contribution in [2.24, 2.45) is 5.92 Å². The van der Waals surface area contributed by atoms with Gasteiger partial charge in [-0.15, -0.1) is 0 Å². The minimum Gasteiger partial charge on any atom is -0.481 e. The number of aliphatic carboxylic acids is 1. The molecule has 0 bridgehead atoms. The average Bonchev–Trinajstić information content (AvgIpc) is 2.98. The fraction of sp³-hybridized carbons (Fsp3) is 0.375. The summed E-state index contributed by atoms with van der Waals surface area (Å²) in [6.07, 6.45) is -0.823. The standard InChI is InChI=1S/C24H26O6/c1-24(2,3)30-22(27)13-15(12-21(25)26)23(28)29-14-20-18-10-6-4-8-16(18)17-9-5-7-11-19(17)20/h4-11,15,20H,12-14H2,1-3H3,(H,25,26)/t15-/m0/s1. The molecule has 158 valence electrons. The summed E-state index contributed by atoms with van der Waals surface area (Å²) >= 11 is 0. The predicted octanol–water partition coefficient (Wildman–Crippen LogP) is 4.16. The summed E-state index contributed by atoms with van der Waals surface area (Å²) in [4.78, 5) is 36.0. The second kappa shape index (κ2) is 8.69. The van der Waals surface area contributed by atoms with Crippen molar-refractivity contribution in [2.75, 3.05) is 6.61 Å². The summed E-state index contributed by atoms with van der Waals surface area (Å²) < 4.78 is 10.8. The van der Waals surface area contributed by atoms with E-state index in [-0.39, 0.29) is 18.9 Å². The predicted molar refractivity (Wildman–Crippen MR) is 111 cm³/mol. The van der Waals surface area contributed by atoms with E-state index in [9.17, 15) is 14.4 Å². The maximum absolute atomic E-state index is 12.7. The van der Waals surface area contributed by atoms with E-state index in [0.29, 0.717) is 0 Å². The maximum Gasteiger partial charge on any atom is 0.310 e. The molecule has 1 atom stereocenters. The molecule has 1 N–H and O–H groups in total. The zero-order valence-corrected chi connectivity index (χ0v) is 17.4. The number of carboxylic acids is 1. The Bertz CT molecular complexity index is 911. The molecule has 6 heteroatoms. The number of ether oxygens (including phenoxy) is 2. The van der Waals surface area contributed by atoms with Gasteiger partial charge < -0.3 is 14.6 Å². The molecular formula is C24H26O6. The highest BCUT2D eigenvalue weighted by Crippen LogP contribution is 2.44. The highest BCUT2D eigenvalue weighted by Gasteiger charge is 2.32. The lowest BCUT2D eigenvalue weighted by molar-refractivity contribution is -0.163. The number of hydrogen-bond acceptors (Lipinski definition) is 5. The summed E-state index contributed by atoms with van der Waals surface area (Å²) in [5.41, 5.74) is 3.61. The smallest absolute Gasteiger partial charge is 0.310 e. The van der Waals surface area contributed by atoms with Crippen molar-refractivity contribution in [3.05, 3.63) is 59.7 Å². The van der Waals surface area contributed by atoms with E-state index < -0.39 is 35.8 Å². The van der Waals surface area contributed by atoms with E-state index in [2.05, 4.69) is 0 Å². The van der Waals surface area contributed by atoms with Gasteiger partial charge in [0.1, 0.15) is 12.2 Å². The Morgan fingerprint density at radius 1 is 0.933 bits per heavy atom. The third kappa shape index (κ3) is 5.06. The molecule has 2 aromatic carbocycles. The monoisotopic (exact) mass is 410 g/mol. The third-order valence-electron chi connectivity index (χ3n) is 4.94.